The van der Waals surface area contributed by atoms with Crippen molar-refractivity contribution in [3.05, 3.63) is 62.8 Å². The molecule has 2 heterocycles. The van der Waals surface area contributed by atoms with Gasteiger partial charge in [0.2, 0.25) is 0 Å². The van der Waals surface area contributed by atoms with Gasteiger partial charge in [0.15, 0.2) is 0 Å². The molecule has 0 radical (unpaired) electrons. The summed E-state index contributed by atoms with van der Waals surface area (Å²) in [7, 11) is 0. The molecule has 0 unspecified atom stereocenters. The van der Waals surface area contributed by atoms with E-state index >= 15 is 0 Å². The Labute approximate surface area is 137 Å². The van der Waals surface area contributed by atoms with Crippen molar-refractivity contribution in [3.8, 4) is 10.6 Å². The molecule has 1 aromatic carbocycles. The fourth-order valence-corrected chi connectivity index (χ4v) is 3.76. The van der Waals surface area contributed by atoms with Crippen molar-refractivity contribution in [1.82, 2.24) is 10.3 Å². The number of hydrogen-bond acceptors (Lipinski definition) is 4. The van der Waals surface area contributed by atoms with E-state index in [9.17, 15) is 4.79 Å². The molecular weight excluding hydrogens is 312 g/mol. The second-order valence-electron chi connectivity index (χ2n) is 5.11. The predicted molar refractivity (Wildman–Crippen MR) is 92.5 cm³/mol. The van der Waals surface area contributed by atoms with Crippen LogP contribution in [0.1, 0.15) is 26.5 Å². The fourth-order valence-electron chi connectivity index (χ4n) is 2.12. The molecule has 3 rings (SSSR count). The topological polar surface area (TPSA) is 42.0 Å². The second-order valence-corrected chi connectivity index (χ2v) is 6.88. The average Bonchev–Trinajstić information content (AvgIpc) is 3.14. The first-order chi connectivity index (χ1) is 10.6. The molecule has 0 spiro atoms. The van der Waals surface area contributed by atoms with Gasteiger partial charge in [-0.05, 0) is 36.4 Å². The molecule has 1 amide bonds. The third-order valence-corrected chi connectivity index (χ3v) is 5.37. The van der Waals surface area contributed by atoms with Gasteiger partial charge in [-0.2, -0.15) is 0 Å². The molecule has 2 aromatic heterocycles. The Balaban J connectivity index is 1.64. The maximum absolute atomic E-state index is 12.1. The van der Waals surface area contributed by atoms with E-state index in [1.807, 2.05) is 42.8 Å². The number of thiazole rings is 1. The maximum atomic E-state index is 12.1. The largest absolute Gasteiger partial charge is 0.347 e. The Bertz CT molecular complexity index is 787. The number of amides is 1. The van der Waals surface area contributed by atoms with Crippen LogP contribution in [-0.2, 0) is 6.54 Å². The fraction of sp³-hybridized carbons (Fsp3) is 0.176. The van der Waals surface area contributed by atoms with Crippen LogP contribution in [0, 0.1) is 13.8 Å². The van der Waals surface area contributed by atoms with Crippen LogP contribution in [0.5, 0.6) is 0 Å². The van der Waals surface area contributed by atoms with Gasteiger partial charge in [-0.25, -0.2) is 4.98 Å². The molecule has 3 nitrogen and oxygen atoms in total. The van der Waals surface area contributed by atoms with Crippen LogP contribution < -0.4 is 5.32 Å². The Morgan fingerprint density at radius 1 is 1.14 bits per heavy atom. The van der Waals surface area contributed by atoms with Crippen LogP contribution >= 0.6 is 22.7 Å². The van der Waals surface area contributed by atoms with Crippen LogP contribution in [0.4, 0.5) is 0 Å². The zero-order valence-corrected chi connectivity index (χ0v) is 14.1. The molecule has 112 valence electrons. The number of carbonyl (C=O) groups excluding carboxylic acids is 1. The first-order valence-electron chi connectivity index (χ1n) is 6.97. The number of aromatic nitrogens is 1. The summed E-state index contributed by atoms with van der Waals surface area (Å²) < 4.78 is 0. The Kier molecular flexibility index (Phi) is 4.36. The summed E-state index contributed by atoms with van der Waals surface area (Å²) in [6.07, 6.45) is 0. The third kappa shape index (κ3) is 3.26. The second kappa shape index (κ2) is 6.42. The molecule has 5 heteroatoms. The third-order valence-electron chi connectivity index (χ3n) is 3.34. The van der Waals surface area contributed by atoms with Gasteiger partial charge in [0.05, 0.1) is 4.88 Å². The van der Waals surface area contributed by atoms with Crippen LogP contribution in [0.25, 0.3) is 10.6 Å². The van der Waals surface area contributed by atoms with Gasteiger partial charge in [0.25, 0.3) is 5.91 Å². The average molecular weight is 328 g/mol. The number of thiophene rings is 1. The maximum Gasteiger partial charge on any atom is 0.261 e. The lowest BCUT2D eigenvalue weighted by Gasteiger charge is -2.05. The van der Waals surface area contributed by atoms with E-state index in [1.165, 1.54) is 11.3 Å². The van der Waals surface area contributed by atoms with Gasteiger partial charge in [0.1, 0.15) is 5.01 Å². The smallest absolute Gasteiger partial charge is 0.261 e. The lowest BCUT2D eigenvalue weighted by atomic mass is 10.1. The number of aryl methyl sites for hydroxylation is 2. The van der Waals surface area contributed by atoms with Crippen LogP contribution in [0.2, 0.25) is 0 Å². The first kappa shape index (κ1) is 14.9. The van der Waals surface area contributed by atoms with Gasteiger partial charge in [-0.3, -0.25) is 4.79 Å². The summed E-state index contributed by atoms with van der Waals surface area (Å²) in [4.78, 5) is 17.3. The SMILES string of the molecule is Cc1csc(-c2ccc(CNC(=O)c3sccc3C)cc2)n1. The lowest BCUT2D eigenvalue weighted by Crippen LogP contribution is -2.22. The Morgan fingerprint density at radius 3 is 2.50 bits per heavy atom. The van der Waals surface area contributed by atoms with Crippen molar-refractivity contribution >= 4 is 28.6 Å². The number of hydrogen-bond donors (Lipinski definition) is 1. The van der Waals surface area contributed by atoms with Crippen molar-refractivity contribution in [2.24, 2.45) is 0 Å². The van der Waals surface area contributed by atoms with Gasteiger partial charge >= 0.3 is 0 Å². The molecule has 0 aliphatic carbocycles. The first-order valence-corrected chi connectivity index (χ1v) is 8.73. The molecule has 0 bridgehead atoms. The van der Waals surface area contributed by atoms with Crippen LogP contribution in [0.3, 0.4) is 0 Å². The van der Waals surface area contributed by atoms with Gasteiger partial charge in [-0.15, -0.1) is 22.7 Å². The van der Waals surface area contributed by atoms with E-state index in [0.717, 1.165) is 32.3 Å². The standard InChI is InChI=1S/C17H16N2OS2/c1-11-7-8-21-15(11)16(20)18-9-13-3-5-14(6-4-13)17-19-12(2)10-22-17/h3-8,10H,9H2,1-2H3,(H,18,20). The molecule has 3 aromatic rings. The van der Waals surface area contributed by atoms with Crippen molar-refractivity contribution in [1.29, 1.82) is 0 Å². The van der Waals surface area contributed by atoms with Crippen molar-refractivity contribution < 1.29 is 4.79 Å². The zero-order valence-electron chi connectivity index (χ0n) is 12.4. The molecule has 0 saturated carbocycles. The number of nitrogens with one attached hydrogen (secondary N) is 1. The summed E-state index contributed by atoms with van der Waals surface area (Å²) in [5, 5.41) is 7.98. The van der Waals surface area contributed by atoms with Gasteiger partial charge < -0.3 is 5.32 Å². The highest BCUT2D eigenvalue weighted by Gasteiger charge is 2.10. The van der Waals surface area contributed by atoms with Crippen molar-refractivity contribution in [2.45, 2.75) is 20.4 Å². The lowest BCUT2D eigenvalue weighted by molar-refractivity contribution is 0.0954. The summed E-state index contributed by atoms with van der Waals surface area (Å²) in [6, 6.07) is 10.1. The van der Waals surface area contributed by atoms with E-state index in [2.05, 4.69) is 22.4 Å². The zero-order chi connectivity index (χ0) is 15.5. The van der Waals surface area contributed by atoms with Crippen LogP contribution in [0.15, 0.2) is 41.1 Å². The van der Waals surface area contributed by atoms with Gasteiger partial charge in [-0.1, -0.05) is 24.3 Å². The molecular formula is C17H16N2OS2. The number of carbonyl (C=O) groups is 1. The number of rotatable bonds is 4. The Hall–Kier alpha value is -1.98. The molecule has 0 atom stereocenters. The molecule has 0 aliphatic heterocycles. The Morgan fingerprint density at radius 2 is 1.91 bits per heavy atom. The minimum absolute atomic E-state index is 0.00729. The quantitative estimate of drug-likeness (QED) is 0.770. The van der Waals surface area contributed by atoms with Crippen molar-refractivity contribution in [3.63, 3.8) is 0 Å². The minimum atomic E-state index is -0.00729. The summed E-state index contributed by atoms with van der Waals surface area (Å²) in [6.45, 7) is 4.49. The number of nitrogens with zero attached hydrogens (tertiary/aromatic N) is 1. The highest BCUT2D eigenvalue weighted by molar-refractivity contribution is 7.13. The molecule has 22 heavy (non-hydrogen) atoms. The van der Waals surface area contributed by atoms with E-state index in [-0.39, 0.29) is 5.91 Å². The summed E-state index contributed by atoms with van der Waals surface area (Å²) >= 11 is 3.12. The number of benzene rings is 1. The van der Waals surface area contributed by atoms with Crippen molar-refractivity contribution in [2.75, 3.05) is 0 Å². The normalized spacial score (nSPS) is 10.6. The minimum Gasteiger partial charge on any atom is -0.347 e. The van der Waals surface area contributed by atoms with E-state index in [1.54, 1.807) is 11.3 Å². The van der Waals surface area contributed by atoms with E-state index < -0.39 is 0 Å². The van der Waals surface area contributed by atoms with E-state index in [4.69, 9.17) is 0 Å². The highest BCUT2D eigenvalue weighted by atomic mass is 32.1. The van der Waals surface area contributed by atoms with E-state index in [0.29, 0.717) is 6.54 Å². The molecule has 1 N–H and O–H groups in total. The monoisotopic (exact) mass is 328 g/mol. The van der Waals surface area contributed by atoms with Gasteiger partial charge in [0, 0.05) is 23.2 Å². The van der Waals surface area contributed by atoms with Crippen LogP contribution in [-0.4, -0.2) is 10.9 Å². The predicted octanol–water partition coefficient (Wildman–Crippen LogP) is 4.42. The highest BCUT2D eigenvalue weighted by Crippen LogP contribution is 2.23. The molecule has 0 aliphatic rings. The summed E-state index contributed by atoms with van der Waals surface area (Å²) in [5.74, 6) is -0.00729. The summed E-state index contributed by atoms with van der Waals surface area (Å²) in [5.41, 5.74) is 4.27. The molecule has 0 saturated heterocycles. The molecule has 0 fully saturated rings.